The number of carbonyl (C=O) groups is 2. The largest absolute Gasteiger partial charge is 0.394 e. The SMILES string of the molecule is CC(=O)CC[C@H]1C(C)=CC(=O)C[C@@]1(C)CO[C@@H]1O[C@H](CO)[C@@H](O)[C@H](O)[C@H]1O. The summed E-state index contributed by atoms with van der Waals surface area (Å²) in [6.45, 7) is 4.78. The zero-order valence-electron chi connectivity index (χ0n) is 16.0. The Balaban J connectivity index is 2.11. The first kappa shape index (κ1) is 22.1. The molecule has 1 fully saturated rings. The van der Waals surface area contributed by atoms with E-state index in [2.05, 4.69) is 0 Å². The van der Waals surface area contributed by atoms with E-state index in [1.807, 2.05) is 13.8 Å². The smallest absolute Gasteiger partial charge is 0.186 e. The Labute approximate surface area is 158 Å². The Bertz CT molecular complexity index is 586. The van der Waals surface area contributed by atoms with E-state index in [1.54, 1.807) is 6.08 Å². The van der Waals surface area contributed by atoms with Crippen LogP contribution in [0.15, 0.2) is 11.6 Å². The molecule has 7 atom stereocenters. The maximum Gasteiger partial charge on any atom is 0.186 e. The Morgan fingerprint density at radius 1 is 1.30 bits per heavy atom. The van der Waals surface area contributed by atoms with Crippen LogP contribution in [0.1, 0.15) is 40.0 Å². The molecule has 0 aromatic carbocycles. The zero-order valence-corrected chi connectivity index (χ0v) is 16.0. The lowest BCUT2D eigenvalue weighted by molar-refractivity contribution is -0.306. The number of carbonyl (C=O) groups excluding carboxylic acids is 2. The van der Waals surface area contributed by atoms with E-state index in [1.165, 1.54) is 6.92 Å². The maximum atomic E-state index is 12.1. The molecule has 0 unspecified atom stereocenters. The van der Waals surface area contributed by atoms with Crippen molar-refractivity contribution in [1.82, 2.24) is 0 Å². The molecule has 8 heteroatoms. The Hall–Kier alpha value is -1.16. The topological polar surface area (TPSA) is 134 Å². The normalized spacial score (nSPS) is 40.0. The van der Waals surface area contributed by atoms with Crippen LogP contribution in [0, 0.1) is 11.3 Å². The Morgan fingerprint density at radius 3 is 2.56 bits per heavy atom. The Morgan fingerprint density at radius 2 is 1.96 bits per heavy atom. The van der Waals surface area contributed by atoms with Crippen LogP contribution in [0.5, 0.6) is 0 Å². The van der Waals surface area contributed by atoms with Crippen LogP contribution >= 0.6 is 0 Å². The minimum atomic E-state index is -1.52. The summed E-state index contributed by atoms with van der Waals surface area (Å²) >= 11 is 0. The fourth-order valence-electron chi connectivity index (χ4n) is 4.03. The van der Waals surface area contributed by atoms with Crippen LogP contribution in [0.4, 0.5) is 0 Å². The molecule has 2 aliphatic rings. The highest BCUT2D eigenvalue weighted by Crippen LogP contribution is 2.43. The molecule has 154 valence electrons. The van der Waals surface area contributed by atoms with E-state index in [-0.39, 0.29) is 30.5 Å². The molecular weight excluding hydrogens is 356 g/mol. The van der Waals surface area contributed by atoms with Crippen molar-refractivity contribution in [3.8, 4) is 0 Å². The molecule has 27 heavy (non-hydrogen) atoms. The monoisotopic (exact) mass is 386 g/mol. The first-order chi connectivity index (χ1) is 12.6. The number of aliphatic hydroxyl groups is 4. The van der Waals surface area contributed by atoms with Crippen molar-refractivity contribution in [3.05, 3.63) is 11.6 Å². The number of allylic oxidation sites excluding steroid dienone is 2. The van der Waals surface area contributed by atoms with Crippen molar-refractivity contribution < 1.29 is 39.5 Å². The van der Waals surface area contributed by atoms with Gasteiger partial charge in [-0.25, -0.2) is 0 Å². The summed E-state index contributed by atoms with van der Waals surface area (Å²) in [5, 5.41) is 39.1. The van der Waals surface area contributed by atoms with Crippen LogP contribution in [0.3, 0.4) is 0 Å². The van der Waals surface area contributed by atoms with Crippen molar-refractivity contribution in [2.45, 2.75) is 70.7 Å². The standard InChI is InChI=1S/C19H30O8/c1-10-6-12(22)7-19(3,13(10)5-4-11(2)21)9-26-18-17(25)16(24)15(23)14(8-20)27-18/h6,13-18,20,23-25H,4-5,7-9H2,1-3H3/t13-,14+,15+,16-,17+,18+,19-/m0/s1. The second kappa shape index (κ2) is 8.89. The van der Waals surface area contributed by atoms with Gasteiger partial charge < -0.3 is 34.7 Å². The fourth-order valence-corrected chi connectivity index (χ4v) is 4.03. The maximum absolute atomic E-state index is 12.1. The summed E-state index contributed by atoms with van der Waals surface area (Å²) in [5.74, 6) is -0.0210. The average Bonchev–Trinajstić information content (AvgIpc) is 2.58. The van der Waals surface area contributed by atoms with Crippen LogP contribution in [0.2, 0.25) is 0 Å². The summed E-state index contributed by atoms with van der Waals surface area (Å²) < 4.78 is 11.1. The molecule has 0 spiro atoms. The van der Waals surface area contributed by atoms with Gasteiger partial charge in [0.2, 0.25) is 0 Å². The van der Waals surface area contributed by atoms with Crippen molar-refractivity contribution in [3.63, 3.8) is 0 Å². The predicted molar refractivity (Wildman–Crippen MR) is 94.6 cm³/mol. The first-order valence-electron chi connectivity index (χ1n) is 9.21. The van der Waals surface area contributed by atoms with Crippen molar-refractivity contribution in [2.75, 3.05) is 13.2 Å². The van der Waals surface area contributed by atoms with Gasteiger partial charge in [0.05, 0.1) is 13.2 Å². The van der Waals surface area contributed by atoms with E-state index in [9.17, 15) is 30.0 Å². The summed E-state index contributed by atoms with van der Waals surface area (Å²) in [7, 11) is 0. The lowest BCUT2D eigenvalue weighted by Gasteiger charge is -2.44. The van der Waals surface area contributed by atoms with Gasteiger partial charge in [-0.15, -0.1) is 0 Å². The molecule has 0 bridgehead atoms. The van der Waals surface area contributed by atoms with E-state index < -0.39 is 42.7 Å². The first-order valence-corrected chi connectivity index (χ1v) is 9.21. The quantitative estimate of drug-likeness (QED) is 0.469. The highest BCUT2D eigenvalue weighted by Gasteiger charge is 2.46. The number of rotatable bonds is 7. The molecule has 0 aromatic rings. The van der Waals surface area contributed by atoms with Crippen LogP contribution in [0.25, 0.3) is 0 Å². The molecule has 1 aliphatic carbocycles. The summed E-state index contributed by atoms with van der Waals surface area (Å²) in [6.07, 6.45) is -3.96. The molecule has 2 rings (SSSR count). The molecule has 4 N–H and O–H groups in total. The van der Waals surface area contributed by atoms with Crippen molar-refractivity contribution in [2.24, 2.45) is 11.3 Å². The van der Waals surface area contributed by atoms with Gasteiger partial charge in [-0.1, -0.05) is 12.5 Å². The number of Topliss-reactive ketones (excluding diaryl/α,β-unsaturated/α-hetero) is 1. The van der Waals surface area contributed by atoms with Crippen molar-refractivity contribution in [1.29, 1.82) is 0 Å². The van der Waals surface area contributed by atoms with Gasteiger partial charge in [-0.05, 0) is 32.3 Å². The van der Waals surface area contributed by atoms with Gasteiger partial charge >= 0.3 is 0 Å². The summed E-state index contributed by atoms with van der Waals surface area (Å²) in [5.41, 5.74) is 0.275. The molecular formula is C19H30O8. The fraction of sp³-hybridized carbons (Fsp3) is 0.789. The van der Waals surface area contributed by atoms with Gasteiger partial charge in [-0.2, -0.15) is 0 Å². The number of ketones is 2. The van der Waals surface area contributed by atoms with E-state index in [0.29, 0.717) is 12.8 Å². The third-order valence-corrected chi connectivity index (χ3v) is 5.57. The molecule has 1 saturated heterocycles. The minimum absolute atomic E-state index is 0.0357. The number of hydrogen-bond acceptors (Lipinski definition) is 8. The molecule has 1 aliphatic heterocycles. The third kappa shape index (κ3) is 5.01. The third-order valence-electron chi connectivity index (χ3n) is 5.57. The minimum Gasteiger partial charge on any atom is -0.394 e. The average molecular weight is 386 g/mol. The van der Waals surface area contributed by atoms with Gasteiger partial charge in [0, 0.05) is 18.3 Å². The van der Waals surface area contributed by atoms with Gasteiger partial charge in [0.25, 0.3) is 0 Å². The van der Waals surface area contributed by atoms with Crippen LogP contribution < -0.4 is 0 Å². The molecule has 1 heterocycles. The predicted octanol–water partition coefficient (Wildman–Crippen LogP) is -0.286. The van der Waals surface area contributed by atoms with E-state index in [4.69, 9.17) is 9.47 Å². The molecule has 0 amide bonds. The summed E-state index contributed by atoms with van der Waals surface area (Å²) in [4.78, 5) is 23.5. The molecule has 0 aromatic heterocycles. The van der Waals surface area contributed by atoms with E-state index in [0.717, 1.165) is 5.57 Å². The molecule has 0 radical (unpaired) electrons. The molecule has 0 saturated carbocycles. The van der Waals surface area contributed by atoms with E-state index >= 15 is 0 Å². The second-order valence-corrected chi connectivity index (χ2v) is 7.99. The van der Waals surface area contributed by atoms with Crippen molar-refractivity contribution >= 4 is 11.6 Å². The lowest BCUT2D eigenvalue weighted by atomic mass is 9.65. The van der Waals surface area contributed by atoms with Crippen LogP contribution in [-0.4, -0.2) is 75.9 Å². The van der Waals surface area contributed by atoms with Gasteiger partial charge in [0.1, 0.15) is 30.2 Å². The number of aliphatic hydroxyl groups excluding tert-OH is 4. The number of hydrogen-bond donors (Lipinski definition) is 4. The zero-order chi connectivity index (χ0) is 20.4. The lowest BCUT2D eigenvalue weighted by Crippen LogP contribution is -2.59. The Kier molecular flexibility index (Phi) is 7.29. The van der Waals surface area contributed by atoms with Crippen LogP contribution in [-0.2, 0) is 19.1 Å². The highest BCUT2D eigenvalue weighted by atomic mass is 16.7. The second-order valence-electron chi connectivity index (χ2n) is 7.99. The summed E-state index contributed by atoms with van der Waals surface area (Å²) in [6, 6.07) is 0. The molecule has 8 nitrogen and oxygen atoms in total. The van der Waals surface area contributed by atoms with Gasteiger partial charge in [-0.3, -0.25) is 4.79 Å². The van der Waals surface area contributed by atoms with Gasteiger partial charge in [0.15, 0.2) is 12.1 Å². The number of ether oxygens (including phenoxy) is 2. The highest BCUT2D eigenvalue weighted by molar-refractivity contribution is 5.92.